The highest BCUT2D eigenvalue weighted by atomic mass is 79.9. The molecule has 0 spiro atoms. The molecule has 31 heavy (non-hydrogen) atoms. The van der Waals surface area contributed by atoms with Crippen molar-refractivity contribution >= 4 is 50.0 Å². The summed E-state index contributed by atoms with van der Waals surface area (Å²) in [5.41, 5.74) is 3.62. The molecule has 0 aliphatic heterocycles. The van der Waals surface area contributed by atoms with Crippen LogP contribution in [0.2, 0.25) is 0 Å². The van der Waals surface area contributed by atoms with E-state index >= 15 is 0 Å². The average molecular weight is 546 g/mol. The van der Waals surface area contributed by atoms with Crippen molar-refractivity contribution in [2.75, 3.05) is 0 Å². The second kappa shape index (κ2) is 10.9. The maximum absolute atomic E-state index is 12.1. The Hall–Kier alpha value is -2.97. The van der Waals surface area contributed by atoms with Gasteiger partial charge in [0.15, 0.2) is 6.10 Å². The number of ether oxygens (including phenoxy) is 2. The Morgan fingerprint density at radius 3 is 2.03 bits per heavy atom. The van der Waals surface area contributed by atoms with E-state index < -0.39 is 12.1 Å². The number of hydrogen-bond donors (Lipinski definition) is 1. The molecule has 0 aliphatic carbocycles. The average Bonchev–Trinajstić information content (AvgIpc) is 2.77. The summed E-state index contributed by atoms with van der Waals surface area (Å²) in [5.74, 6) is 0.175. The van der Waals surface area contributed by atoms with Crippen molar-refractivity contribution in [3.8, 4) is 11.5 Å². The molecule has 1 unspecified atom stereocenters. The van der Waals surface area contributed by atoms with E-state index in [-0.39, 0.29) is 5.91 Å². The van der Waals surface area contributed by atoms with Crippen LogP contribution in [0.5, 0.6) is 11.5 Å². The number of amides is 1. The third-order valence-electron chi connectivity index (χ3n) is 4.05. The van der Waals surface area contributed by atoms with Gasteiger partial charge in [-0.05, 0) is 85.3 Å². The van der Waals surface area contributed by atoms with Crippen LogP contribution in [0.25, 0.3) is 0 Å². The molecular weight excluding hydrogens is 528 g/mol. The van der Waals surface area contributed by atoms with Crippen LogP contribution in [-0.2, 0) is 4.79 Å². The van der Waals surface area contributed by atoms with Crippen LogP contribution in [0, 0.1) is 0 Å². The first-order valence-electron chi connectivity index (χ1n) is 9.23. The second-order valence-corrected chi connectivity index (χ2v) is 8.25. The molecule has 3 rings (SSSR count). The van der Waals surface area contributed by atoms with Crippen LogP contribution in [0.3, 0.4) is 0 Å². The van der Waals surface area contributed by atoms with E-state index in [0.29, 0.717) is 17.1 Å². The quantitative estimate of drug-likeness (QED) is 0.188. The number of esters is 1. The van der Waals surface area contributed by atoms with E-state index in [9.17, 15) is 9.59 Å². The van der Waals surface area contributed by atoms with E-state index in [4.69, 9.17) is 9.47 Å². The number of carbonyl (C=O) groups excluding carboxylic acids is 2. The molecule has 0 aliphatic rings. The van der Waals surface area contributed by atoms with Crippen molar-refractivity contribution < 1.29 is 19.1 Å². The summed E-state index contributed by atoms with van der Waals surface area (Å²) in [6, 6.07) is 20.8. The zero-order chi connectivity index (χ0) is 22.2. The number of rotatable bonds is 7. The standard InChI is InChI=1S/C23H18Br2N2O4/c1-15(30-20-12-8-19(25)9-13-20)22(28)27-26-14-16-2-10-21(11-3-16)31-23(29)17-4-6-18(24)7-5-17/h2-15H,1H3,(H,27,28). The molecule has 1 N–H and O–H groups in total. The fourth-order valence-electron chi connectivity index (χ4n) is 2.41. The van der Waals surface area contributed by atoms with Crippen molar-refractivity contribution in [3.63, 3.8) is 0 Å². The summed E-state index contributed by atoms with van der Waals surface area (Å²) >= 11 is 6.67. The van der Waals surface area contributed by atoms with Crippen molar-refractivity contribution in [2.24, 2.45) is 5.10 Å². The Balaban J connectivity index is 1.49. The first-order valence-corrected chi connectivity index (χ1v) is 10.8. The number of nitrogens with zero attached hydrogens (tertiary/aromatic N) is 1. The Kier molecular flexibility index (Phi) is 7.97. The lowest BCUT2D eigenvalue weighted by Crippen LogP contribution is -2.33. The highest BCUT2D eigenvalue weighted by molar-refractivity contribution is 9.10. The molecule has 0 saturated heterocycles. The van der Waals surface area contributed by atoms with Gasteiger partial charge >= 0.3 is 5.97 Å². The highest BCUT2D eigenvalue weighted by Gasteiger charge is 2.13. The molecule has 3 aromatic rings. The minimum Gasteiger partial charge on any atom is -0.481 e. The third-order valence-corrected chi connectivity index (χ3v) is 5.11. The van der Waals surface area contributed by atoms with Crippen LogP contribution in [0.1, 0.15) is 22.8 Å². The molecule has 3 aromatic carbocycles. The largest absolute Gasteiger partial charge is 0.481 e. The normalized spacial score (nSPS) is 11.7. The molecule has 0 fully saturated rings. The Morgan fingerprint density at radius 2 is 1.42 bits per heavy atom. The van der Waals surface area contributed by atoms with Crippen molar-refractivity contribution in [1.29, 1.82) is 0 Å². The Labute approximate surface area is 196 Å². The van der Waals surface area contributed by atoms with Gasteiger partial charge in [0.2, 0.25) is 0 Å². The second-order valence-electron chi connectivity index (χ2n) is 6.41. The Morgan fingerprint density at radius 1 is 0.871 bits per heavy atom. The van der Waals surface area contributed by atoms with Crippen LogP contribution in [0.15, 0.2) is 86.8 Å². The summed E-state index contributed by atoms with van der Waals surface area (Å²) in [6.45, 7) is 1.64. The molecule has 1 amide bonds. The molecule has 0 heterocycles. The molecule has 6 nitrogen and oxygen atoms in total. The first kappa shape index (κ1) is 22.7. The van der Waals surface area contributed by atoms with Gasteiger partial charge < -0.3 is 9.47 Å². The van der Waals surface area contributed by atoms with Crippen LogP contribution in [-0.4, -0.2) is 24.2 Å². The number of benzene rings is 3. The topological polar surface area (TPSA) is 77.0 Å². The van der Waals surface area contributed by atoms with E-state index in [2.05, 4.69) is 42.4 Å². The monoisotopic (exact) mass is 544 g/mol. The number of carbonyl (C=O) groups is 2. The van der Waals surface area contributed by atoms with E-state index in [1.165, 1.54) is 6.21 Å². The summed E-state index contributed by atoms with van der Waals surface area (Å²) in [7, 11) is 0. The molecule has 0 bridgehead atoms. The first-order chi connectivity index (χ1) is 14.9. The fourth-order valence-corrected chi connectivity index (χ4v) is 2.93. The highest BCUT2D eigenvalue weighted by Crippen LogP contribution is 2.18. The summed E-state index contributed by atoms with van der Waals surface area (Å²) < 4.78 is 12.7. The summed E-state index contributed by atoms with van der Waals surface area (Å²) in [5, 5.41) is 3.94. The number of halogens is 2. The summed E-state index contributed by atoms with van der Waals surface area (Å²) in [4.78, 5) is 24.3. The molecule has 0 saturated carbocycles. The SMILES string of the molecule is CC(Oc1ccc(Br)cc1)C(=O)NN=Cc1ccc(OC(=O)c2ccc(Br)cc2)cc1. The van der Waals surface area contributed by atoms with Gasteiger partial charge in [-0.15, -0.1) is 0 Å². The summed E-state index contributed by atoms with van der Waals surface area (Å²) in [6.07, 6.45) is 0.781. The lowest BCUT2D eigenvalue weighted by Gasteiger charge is -2.12. The minimum atomic E-state index is -0.710. The maximum atomic E-state index is 12.1. The lowest BCUT2D eigenvalue weighted by atomic mass is 10.2. The van der Waals surface area contributed by atoms with Gasteiger partial charge in [0, 0.05) is 8.95 Å². The van der Waals surface area contributed by atoms with Gasteiger partial charge in [-0.25, -0.2) is 10.2 Å². The molecule has 8 heteroatoms. The van der Waals surface area contributed by atoms with Gasteiger partial charge in [0.05, 0.1) is 11.8 Å². The van der Waals surface area contributed by atoms with Gasteiger partial charge in [-0.1, -0.05) is 31.9 Å². The van der Waals surface area contributed by atoms with Gasteiger partial charge in [0.1, 0.15) is 11.5 Å². The van der Waals surface area contributed by atoms with Crippen molar-refractivity contribution in [3.05, 3.63) is 92.9 Å². The van der Waals surface area contributed by atoms with Gasteiger partial charge in [0.25, 0.3) is 5.91 Å². The minimum absolute atomic E-state index is 0.376. The zero-order valence-corrected chi connectivity index (χ0v) is 19.6. The van der Waals surface area contributed by atoms with Crippen molar-refractivity contribution in [1.82, 2.24) is 5.43 Å². The molecule has 1 atom stereocenters. The lowest BCUT2D eigenvalue weighted by molar-refractivity contribution is -0.127. The van der Waals surface area contributed by atoms with Gasteiger partial charge in [-0.3, -0.25) is 4.79 Å². The smallest absolute Gasteiger partial charge is 0.343 e. The molecular formula is C23H18Br2N2O4. The van der Waals surface area contributed by atoms with Crippen LogP contribution in [0.4, 0.5) is 0 Å². The van der Waals surface area contributed by atoms with Crippen LogP contribution < -0.4 is 14.9 Å². The van der Waals surface area contributed by atoms with Crippen LogP contribution >= 0.6 is 31.9 Å². The van der Waals surface area contributed by atoms with E-state index in [1.807, 2.05) is 12.1 Å². The number of hydrazone groups is 1. The predicted octanol–water partition coefficient (Wildman–Crippen LogP) is 5.35. The third kappa shape index (κ3) is 7.04. The van der Waals surface area contributed by atoms with Crippen molar-refractivity contribution in [2.45, 2.75) is 13.0 Å². The number of hydrogen-bond acceptors (Lipinski definition) is 5. The predicted molar refractivity (Wildman–Crippen MR) is 126 cm³/mol. The van der Waals surface area contributed by atoms with E-state index in [1.54, 1.807) is 67.6 Å². The molecule has 0 aromatic heterocycles. The van der Waals surface area contributed by atoms with Gasteiger partial charge in [-0.2, -0.15) is 5.10 Å². The fraction of sp³-hybridized carbons (Fsp3) is 0.0870. The Bertz CT molecular complexity index is 1070. The molecule has 0 radical (unpaired) electrons. The maximum Gasteiger partial charge on any atom is 0.343 e. The zero-order valence-electron chi connectivity index (χ0n) is 16.4. The van der Waals surface area contributed by atoms with E-state index in [0.717, 1.165) is 14.5 Å². The molecule has 158 valence electrons. The number of nitrogens with one attached hydrogen (secondary N) is 1.